The van der Waals surface area contributed by atoms with Crippen LogP contribution in [0.15, 0.2) is 24.5 Å². The Morgan fingerprint density at radius 3 is 3.00 bits per heavy atom. The number of hydrogen-bond donors (Lipinski definition) is 1. The first-order valence-corrected chi connectivity index (χ1v) is 8.83. The van der Waals surface area contributed by atoms with E-state index in [-0.39, 0.29) is 0 Å². The molecule has 0 amide bonds. The van der Waals surface area contributed by atoms with Gasteiger partial charge in [-0.2, -0.15) is 0 Å². The molecule has 0 saturated heterocycles. The van der Waals surface area contributed by atoms with Gasteiger partial charge in [-0.25, -0.2) is 4.98 Å². The Balaban J connectivity index is 1.86. The predicted molar refractivity (Wildman–Crippen MR) is 91.7 cm³/mol. The Morgan fingerprint density at radius 2 is 2.27 bits per heavy atom. The largest absolute Gasteiger partial charge is 0.375 e. The summed E-state index contributed by atoms with van der Waals surface area (Å²) in [5.41, 5.74) is 8.47. The lowest BCUT2D eigenvalue weighted by Gasteiger charge is -2.35. The highest BCUT2D eigenvalue weighted by Gasteiger charge is 2.27. The summed E-state index contributed by atoms with van der Waals surface area (Å²) in [6, 6.07) is 4.70. The van der Waals surface area contributed by atoms with Gasteiger partial charge in [0.1, 0.15) is 0 Å². The molecule has 1 atom stereocenters. The van der Waals surface area contributed by atoms with Crippen molar-refractivity contribution in [2.45, 2.75) is 45.7 Å². The van der Waals surface area contributed by atoms with Crippen LogP contribution in [0.2, 0.25) is 0 Å². The molecule has 0 bridgehead atoms. The molecule has 2 N–H and O–H groups in total. The lowest BCUT2D eigenvalue weighted by atomic mass is 9.90. The first-order valence-electron chi connectivity index (χ1n) is 8.01. The Kier molecular flexibility index (Phi) is 4.74. The van der Waals surface area contributed by atoms with Crippen molar-refractivity contribution in [3.05, 3.63) is 40.7 Å². The molecule has 0 fully saturated rings. The highest BCUT2D eigenvalue weighted by molar-refractivity contribution is 7.15. The van der Waals surface area contributed by atoms with E-state index in [0.29, 0.717) is 17.1 Å². The molecular weight excluding hydrogens is 292 g/mol. The van der Waals surface area contributed by atoms with E-state index >= 15 is 0 Å². The van der Waals surface area contributed by atoms with Crippen molar-refractivity contribution in [1.29, 1.82) is 0 Å². The molecular formula is C17H24N4S. The predicted octanol–water partition coefficient (Wildman–Crippen LogP) is 3.66. The smallest absolute Gasteiger partial charge is 0.180 e. The van der Waals surface area contributed by atoms with Crippen LogP contribution in [0.25, 0.3) is 0 Å². The van der Waals surface area contributed by atoms with Gasteiger partial charge < -0.3 is 5.73 Å². The van der Waals surface area contributed by atoms with Crippen LogP contribution in [0.3, 0.4) is 0 Å². The monoisotopic (exact) mass is 316 g/mol. The van der Waals surface area contributed by atoms with E-state index in [4.69, 9.17) is 10.7 Å². The third-order valence-electron chi connectivity index (χ3n) is 4.14. The molecule has 1 aliphatic rings. The Labute approximate surface area is 136 Å². The van der Waals surface area contributed by atoms with Crippen molar-refractivity contribution in [3.8, 4) is 0 Å². The Bertz CT molecular complexity index is 623. The molecule has 2 aromatic heterocycles. The van der Waals surface area contributed by atoms with Gasteiger partial charge in [-0.1, -0.05) is 19.9 Å². The number of nitrogens with zero attached hydrogens (tertiary/aromatic N) is 3. The van der Waals surface area contributed by atoms with Gasteiger partial charge in [-0.15, -0.1) is 11.3 Å². The van der Waals surface area contributed by atoms with Gasteiger partial charge in [0.2, 0.25) is 0 Å². The van der Waals surface area contributed by atoms with Gasteiger partial charge in [0.05, 0.1) is 11.7 Å². The van der Waals surface area contributed by atoms with E-state index in [1.165, 1.54) is 29.0 Å². The molecule has 2 heterocycles. The average Bonchev–Trinajstić information content (AvgIpc) is 2.91. The third-order valence-corrected chi connectivity index (χ3v) is 4.95. The van der Waals surface area contributed by atoms with Crippen LogP contribution in [-0.2, 0) is 13.0 Å². The summed E-state index contributed by atoms with van der Waals surface area (Å²) in [4.78, 5) is 12.7. The highest BCUT2D eigenvalue weighted by Crippen LogP contribution is 2.34. The van der Waals surface area contributed by atoms with Crippen LogP contribution in [0.1, 0.15) is 48.9 Å². The fraction of sp³-hybridized carbons (Fsp3) is 0.529. The lowest BCUT2D eigenvalue weighted by Crippen LogP contribution is -2.34. The molecule has 4 nitrogen and oxygen atoms in total. The number of nitrogen functional groups attached to an aromatic ring is 1. The van der Waals surface area contributed by atoms with Gasteiger partial charge >= 0.3 is 0 Å². The van der Waals surface area contributed by atoms with Crippen LogP contribution in [0, 0.1) is 5.92 Å². The number of aryl methyl sites for hydroxylation is 1. The molecule has 0 saturated carbocycles. The zero-order valence-corrected chi connectivity index (χ0v) is 14.1. The van der Waals surface area contributed by atoms with Crippen molar-refractivity contribution >= 4 is 16.5 Å². The molecule has 5 heteroatoms. The highest BCUT2D eigenvalue weighted by atomic mass is 32.1. The summed E-state index contributed by atoms with van der Waals surface area (Å²) in [7, 11) is 0. The quantitative estimate of drug-likeness (QED) is 0.914. The van der Waals surface area contributed by atoms with Gasteiger partial charge in [0, 0.05) is 30.4 Å². The molecule has 0 aromatic carbocycles. The second-order valence-electron chi connectivity index (χ2n) is 6.44. The SMILES string of the molecule is CC(C)CN(Cc1cnc(N)s1)C1CCCc2cccnc21. The summed E-state index contributed by atoms with van der Waals surface area (Å²) in [6.45, 7) is 6.53. The minimum Gasteiger partial charge on any atom is -0.375 e. The first kappa shape index (κ1) is 15.4. The van der Waals surface area contributed by atoms with E-state index in [1.807, 2.05) is 12.4 Å². The second-order valence-corrected chi connectivity index (χ2v) is 7.59. The topological polar surface area (TPSA) is 55.0 Å². The minimum atomic E-state index is 0.413. The number of nitrogens with two attached hydrogens (primary N) is 1. The molecule has 2 aromatic rings. The normalized spacial score (nSPS) is 17.9. The van der Waals surface area contributed by atoms with Crippen LogP contribution >= 0.6 is 11.3 Å². The molecule has 1 unspecified atom stereocenters. The minimum absolute atomic E-state index is 0.413. The summed E-state index contributed by atoms with van der Waals surface area (Å²) in [6.07, 6.45) is 7.42. The van der Waals surface area contributed by atoms with E-state index in [2.05, 4.69) is 35.9 Å². The standard InChI is InChI=1S/C17H24N4S/c1-12(2)10-21(11-14-9-20-17(18)22-14)15-7-3-5-13-6-4-8-19-16(13)15/h4,6,8-9,12,15H,3,5,7,10-11H2,1-2H3,(H2,18,20). The van der Waals surface area contributed by atoms with Crippen LogP contribution in [0.5, 0.6) is 0 Å². The number of hydrogen-bond acceptors (Lipinski definition) is 5. The molecule has 0 spiro atoms. The van der Waals surface area contributed by atoms with Gasteiger partial charge in [0.15, 0.2) is 5.13 Å². The van der Waals surface area contributed by atoms with Crippen LogP contribution < -0.4 is 5.73 Å². The molecule has 22 heavy (non-hydrogen) atoms. The zero-order valence-electron chi connectivity index (χ0n) is 13.3. The van der Waals surface area contributed by atoms with E-state index in [1.54, 1.807) is 11.3 Å². The summed E-state index contributed by atoms with van der Waals surface area (Å²) < 4.78 is 0. The molecule has 0 radical (unpaired) electrons. The number of anilines is 1. The number of rotatable bonds is 5. The second kappa shape index (κ2) is 6.75. The maximum Gasteiger partial charge on any atom is 0.180 e. The fourth-order valence-electron chi connectivity index (χ4n) is 3.31. The van der Waals surface area contributed by atoms with Crippen molar-refractivity contribution in [2.24, 2.45) is 5.92 Å². The Morgan fingerprint density at radius 1 is 1.41 bits per heavy atom. The Hall–Kier alpha value is -1.46. The fourth-order valence-corrected chi connectivity index (χ4v) is 4.02. The third kappa shape index (κ3) is 3.47. The maximum atomic E-state index is 5.79. The van der Waals surface area contributed by atoms with Crippen LogP contribution in [0.4, 0.5) is 5.13 Å². The van der Waals surface area contributed by atoms with E-state index in [0.717, 1.165) is 19.5 Å². The van der Waals surface area contributed by atoms with Gasteiger partial charge in [-0.05, 0) is 36.8 Å². The number of aromatic nitrogens is 2. The number of thiazole rings is 1. The average molecular weight is 316 g/mol. The molecule has 1 aliphatic carbocycles. The zero-order chi connectivity index (χ0) is 15.5. The maximum absolute atomic E-state index is 5.79. The number of pyridine rings is 1. The van der Waals surface area contributed by atoms with Crippen LogP contribution in [-0.4, -0.2) is 21.4 Å². The van der Waals surface area contributed by atoms with Crippen molar-refractivity contribution in [1.82, 2.24) is 14.9 Å². The molecule has 0 aliphatic heterocycles. The van der Waals surface area contributed by atoms with Crippen molar-refractivity contribution < 1.29 is 0 Å². The molecule has 3 rings (SSSR count). The summed E-state index contributed by atoms with van der Waals surface area (Å²) in [5, 5.41) is 0.654. The van der Waals surface area contributed by atoms with Gasteiger partial charge in [-0.3, -0.25) is 9.88 Å². The van der Waals surface area contributed by atoms with Crippen molar-refractivity contribution in [2.75, 3.05) is 12.3 Å². The lowest BCUT2D eigenvalue weighted by molar-refractivity contribution is 0.148. The summed E-state index contributed by atoms with van der Waals surface area (Å²) >= 11 is 1.59. The van der Waals surface area contributed by atoms with Gasteiger partial charge in [0.25, 0.3) is 0 Å². The van der Waals surface area contributed by atoms with Crippen molar-refractivity contribution in [3.63, 3.8) is 0 Å². The summed E-state index contributed by atoms with van der Waals surface area (Å²) in [5.74, 6) is 0.624. The number of fused-ring (bicyclic) bond motifs is 1. The first-order chi connectivity index (χ1) is 10.6. The van der Waals surface area contributed by atoms with E-state index < -0.39 is 0 Å². The molecule has 118 valence electrons. The van der Waals surface area contributed by atoms with E-state index in [9.17, 15) is 0 Å².